The van der Waals surface area contributed by atoms with Crippen LogP contribution in [0.15, 0.2) is 0 Å². The van der Waals surface area contributed by atoms with E-state index in [4.69, 9.17) is 9.79 Å². The fourth-order valence-corrected chi connectivity index (χ4v) is 1.86. The van der Waals surface area contributed by atoms with Crippen molar-refractivity contribution in [2.45, 2.75) is 19.0 Å². The summed E-state index contributed by atoms with van der Waals surface area (Å²) in [5, 5.41) is -0.939. The molecule has 0 saturated heterocycles. The minimum atomic E-state index is -3.98. The van der Waals surface area contributed by atoms with Gasteiger partial charge in [0.1, 0.15) is 5.16 Å². The van der Waals surface area contributed by atoms with Gasteiger partial charge in [0, 0.05) is 0 Å². The third kappa shape index (κ3) is 3.68. The molecule has 0 amide bonds. The molecule has 0 saturated carbocycles. The van der Waals surface area contributed by atoms with Crippen molar-refractivity contribution >= 4 is 7.60 Å². The summed E-state index contributed by atoms with van der Waals surface area (Å²) in [6.07, 6.45) is 0. The highest BCUT2D eigenvalue weighted by Crippen LogP contribution is 2.50. The molecule has 0 heterocycles. The van der Waals surface area contributed by atoms with E-state index in [9.17, 15) is 4.57 Å². The largest absolute Gasteiger partial charge is 0.336 e. The van der Waals surface area contributed by atoms with E-state index in [0.717, 1.165) is 0 Å². The van der Waals surface area contributed by atoms with Crippen molar-refractivity contribution < 1.29 is 18.8 Å². The van der Waals surface area contributed by atoms with Crippen LogP contribution in [0, 0.1) is 0 Å². The second kappa shape index (κ2) is 3.11. The van der Waals surface area contributed by atoms with Crippen LogP contribution in [0.4, 0.5) is 0 Å². The first-order chi connectivity index (χ1) is 4.96. The van der Waals surface area contributed by atoms with E-state index in [1.807, 2.05) is 21.1 Å². The van der Waals surface area contributed by atoms with Gasteiger partial charge in [0.05, 0.1) is 27.7 Å². The molecule has 0 atom stereocenters. The van der Waals surface area contributed by atoms with Crippen LogP contribution in [0.2, 0.25) is 0 Å². The molecule has 0 aliphatic rings. The van der Waals surface area contributed by atoms with E-state index in [2.05, 4.69) is 0 Å². The molecule has 0 aromatic rings. The lowest BCUT2D eigenvalue weighted by atomic mass is 10.2. The number of nitrogens with zero attached hydrogens (tertiary/aromatic N) is 1. The summed E-state index contributed by atoms with van der Waals surface area (Å²) < 4.78 is 11.6. The first-order valence-electron chi connectivity index (χ1n) is 3.82. The van der Waals surface area contributed by atoms with Crippen LogP contribution in [-0.2, 0) is 4.57 Å². The monoisotopic (exact) mass is 196 g/mol. The Morgan fingerprint density at radius 2 is 1.58 bits per heavy atom. The van der Waals surface area contributed by atoms with Crippen molar-refractivity contribution in [3.8, 4) is 0 Å². The number of rotatable bonds is 3. The minimum Gasteiger partial charge on any atom is -0.330 e. The first-order valence-corrected chi connectivity index (χ1v) is 5.43. The molecule has 0 fully saturated rings. The van der Waals surface area contributed by atoms with E-state index >= 15 is 0 Å². The quantitative estimate of drug-likeness (QED) is 0.514. The predicted octanol–water partition coefficient (Wildman–Crippen LogP) is 0.649. The van der Waals surface area contributed by atoms with Gasteiger partial charge in [-0.25, -0.2) is 0 Å². The van der Waals surface area contributed by atoms with Gasteiger partial charge in [-0.15, -0.1) is 0 Å². The van der Waals surface area contributed by atoms with E-state index in [-0.39, 0.29) is 0 Å². The minimum absolute atomic E-state index is 0.456. The van der Waals surface area contributed by atoms with Crippen LogP contribution in [-0.4, -0.2) is 47.1 Å². The molecule has 0 aliphatic carbocycles. The van der Waals surface area contributed by atoms with E-state index < -0.39 is 12.8 Å². The lowest BCUT2D eigenvalue weighted by molar-refractivity contribution is -0.872. The summed E-state index contributed by atoms with van der Waals surface area (Å²) in [4.78, 5) is 18.0. The molecule has 0 unspecified atom stereocenters. The van der Waals surface area contributed by atoms with Gasteiger partial charge in [0.15, 0.2) is 0 Å². The molecular weight excluding hydrogens is 177 g/mol. The summed E-state index contributed by atoms with van der Waals surface area (Å²) in [6, 6.07) is 0. The van der Waals surface area contributed by atoms with Crippen LogP contribution in [0.1, 0.15) is 13.8 Å². The van der Waals surface area contributed by atoms with Crippen molar-refractivity contribution in [2.75, 3.05) is 27.7 Å². The van der Waals surface area contributed by atoms with Gasteiger partial charge < -0.3 is 14.3 Å². The standard InChI is InChI=1S/C7H18NO3P/c1-7(2,12(9,10)11)6-8(3,4)5/h6H2,1-5H3,(H-,9,10,11)/p+1. The van der Waals surface area contributed by atoms with Crippen molar-refractivity contribution in [1.82, 2.24) is 0 Å². The van der Waals surface area contributed by atoms with E-state index in [0.29, 0.717) is 11.0 Å². The van der Waals surface area contributed by atoms with Gasteiger partial charge in [-0.2, -0.15) is 0 Å². The molecule has 0 bridgehead atoms. The van der Waals surface area contributed by atoms with Gasteiger partial charge in [0.25, 0.3) is 0 Å². The predicted molar refractivity (Wildman–Crippen MR) is 49.0 cm³/mol. The summed E-state index contributed by atoms with van der Waals surface area (Å²) >= 11 is 0. The Kier molecular flexibility index (Phi) is 3.14. The molecule has 5 heteroatoms. The van der Waals surface area contributed by atoms with Crippen LogP contribution in [0.3, 0.4) is 0 Å². The summed E-state index contributed by atoms with van der Waals surface area (Å²) in [5.41, 5.74) is 0. The lowest BCUT2D eigenvalue weighted by Gasteiger charge is -2.34. The highest BCUT2D eigenvalue weighted by molar-refractivity contribution is 7.53. The Labute approximate surface area is 74.0 Å². The highest BCUT2D eigenvalue weighted by atomic mass is 31.2. The van der Waals surface area contributed by atoms with Gasteiger partial charge in [0.2, 0.25) is 0 Å². The zero-order chi connectivity index (χ0) is 10.2. The molecule has 0 aromatic carbocycles. The molecule has 0 aromatic heterocycles. The average Bonchev–Trinajstić information content (AvgIpc) is 1.52. The second-order valence-corrected chi connectivity index (χ2v) is 7.10. The lowest BCUT2D eigenvalue weighted by Crippen LogP contribution is -2.45. The normalized spacial score (nSPS) is 14.9. The molecule has 4 nitrogen and oxygen atoms in total. The summed E-state index contributed by atoms with van der Waals surface area (Å²) in [5.74, 6) is 0. The Morgan fingerprint density at radius 1 is 1.25 bits per heavy atom. The van der Waals surface area contributed by atoms with Gasteiger partial charge in [-0.05, 0) is 13.8 Å². The van der Waals surface area contributed by atoms with E-state index in [1.54, 1.807) is 13.8 Å². The molecule has 0 radical (unpaired) electrons. The molecule has 2 N–H and O–H groups in total. The third-order valence-corrected chi connectivity index (χ3v) is 3.37. The zero-order valence-corrected chi connectivity index (χ0v) is 9.30. The highest BCUT2D eigenvalue weighted by Gasteiger charge is 2.42. The van der Waals surface area contributed by atoms with Crippen molar-refractivity contribution in [3.05, 3.63) is 0 Å². The second-order valence-electron chi connectivity index (χ2n) is 4.80. The van der Waals surface area contributed by atoms with Crippen molar-refractivity contribution in [2.24, 2.45) is 0 Å². The Bertz CT molecular complexity index is 201. The molecule has 12 heavy (non-hydrogen) atoms. The molecule has 0 aliphatic heterocycles. The topological polar surface area (TPSA) is 57.5 Å². The Balaban J connectivity index is 4.56. The third-order valence-electron chi connectivity index (χ3n) is 1.65. The van der Waals surface area contributed by atoms with Gasteiger partial charge >= 0.3 is 7.60 Å². The van der Waals surface area contributed by atoms with Gasteiger partial charge in [-0.3, -0.25) is 4.57 Å². The molecular formula is C7H19NO3P+. The molecule has 0 rings (SSSR count). The first kappa shape index (κ1) is 12.1. The van der Waals surface area contributed by atoms with Crippen LogP contribution in [0.25, 0.3) is 0 Å². The van der Waals surface area contributed by atoms with Crippen LogP contribution >= 0.6 is 7.60 Å². The maximum atomic E-state index is 11.0. The average molecular weight is 196 g/mol. The number of quaternary nitrogens is 1. The van der Waals surface area contributed by atoms with Crippen molar-refractivity contribution in [3.63, 3.8) is 0 Å². The van der Waals surface area contributed by atoms with Crippen LogP contribution < -0.4 is 0 Å². The maximum absolute atomic E-state index is 11.0. The molecule has 0 spiro atoms. The number of hydrogen-bond acceptors (Lipinski definition) is 1. The summed E-state index contributed by atoms with van der Waals surface area (Å²) in [6.45, 7) is 3.64. The van der Waals surface area contributed by atoms with Crippen LogP contribution in [0.5, 0.6) is 0 Å². The number of hydrogen-bond donors (Lipinski definition) is 2. The fraction of sp³-hybridized carbons (Fsp3) is 1.00. The Morgan fingerprint density at radius 3 is 1.67 bits per heavy atom. The summed E-state index contributed by atoms with van der Waals surface area (Å²) in [7, 11) is 1.76. The SMILES string of the molecule is CC(C)(C[N+](C)(C)C)P(=O)(O)O. The van der Waals surface area contributed by atoms with Gasteiger partial charge in [-0.1, -0.05) is 0 Å². The molecule has 74 valence electrons. The smallest absolute Gasteiger partial charge is 0.330 e. The van der Waals surface area contributed by atoms with Crippen molar-refractivity contribution in [1.29, 1.82) is 0 Å². The maximum Gasteiger partial charge on any atom is 0.336 e. The zero-order valence-electron chi connectivity index (χ0n) is 8.40. The Hall–Kier alpha value is 0.110. The fourth-order valence-electron chi connectivity index (χ4n) is 1.25. The van der Waals surface area contributed by atoms with E-state index in [1.165, 1.54) is 0 Å².